The number of phenolic OH excluding ortho intramolecular Hbond substituents is 1. The summed E-state index contributed by atoms with van der Waals surface area (Å²) in [6.45, 7) is 0. The number of halogens is 2. The standard InChI is InChI=1S/C39H30Cl2N2O6/c1-49-32-17-10-21(18-31(32)44)34-27-15-16-28-33(37(47)42(35(28)45)25-13-11-23(40)12-14-25)29(27)20-30-36(46)43(26-9-5-8-24(41)19-26)38(48)39(30,34)22-6-3-2-4-7-22/h2-15,17-19,28-30,33-34,44H,16,20H2,1H3/t28-,29+,30-,33-,34-,39+/m0/s1. The van der Waals surface area contributed by atoms with Crippen LogP contribution in [0, 0.1) is 23.7 Å². The van der Waals surface area contributed by atoms with Gasteiger partial charge in [-0.2, -0.15) is 0 Å². The van der Waals surface area contributed by atoms with E-state index in [-0.39, 0.29) is 36.2 Å². The van der Waals surface area contributed by atoms with E-state index in [2.05, 4.69) is 0 Å². The van der Waals surface area contributed by atoms with Gasteiger partial charge in [0.15, 0.2) is 11.5 Å². The fourth-order valence-electron chi connectivity index (χ4n) is 8.85. The second kappa shape index (κ2) is 11.6. The smallest absolute Gasteiger partial charge is 0.246 e. The van der Waals surface area contributed by atoms with Crippen molar-refractivity contribution in [3.05, 3.63) is 130 Å². The van der Waals surface area contributed by atoms with Gasteiger partial charge in [0.2, 0.25) is 23.6 Å². The van der Waals surface area contributed by atoms with Crippen LogP contribution in [0.2, 0.25) is 10.0 Å². The average molecular weight is 694 g/mol. The quantitative estimate of drug-likeness (QED) is 0.177. The molecule has 0 bridgehead atoms. The highest BCUT2D eigenvalue weighted by molar-refractivity contribution is 6.32. The second-order valence-corrected chi connectivity index (χ2v) is 13.9. The van der Waals surface area contributed by atoms with Crippen LogP contribution >= 0.6 is 23.2 Å². The lowest BCUT2D eigenvalue weighted by Crippen LogP contribution is -2.53. The number of benzene rings is 4. The molecule has 1 saturated carbocycles. The molecule has 4 amide bonds. The molecule has 6 atom stereocenters. The number of aromatic hydroxyl groups is 1. The number of amides is 4. The minimum atomic E-state index is -1.45. The van der Waals surface area contributed by atoms with Crippen molar-refractivity contribution >= 4 is 58.2 Å². The molecule has 1 N–H and O–H groups in total. The van der Waals surface area contributed by atoms with Crippen molar-refractivity contribution in [2.45, 2.75) is 24.2 Å². The van der Waals surface area contributed by atoms with Gasteiger partial charge in [-0.25, -0.2) is 4.90 Å². The Balaban J connectivity index is 1.35. The van der Waals surface area contributed by atoms with E-state index in [1.54, 1.807) is 66.7 Å². The van der Waals surface area contributed by atoms with Crippen LogP contribution < -0.4 is 14.5 Å². The molecule has 0 unspecified atom stereocenters. The monoisotopic (exact) mass is 692 g/mol. The highest BCUT2D eigenvalue weighted by Gasteiger charge is 2.70. The van der Waals surface area contributed by atoms with Gasteiger partial charge in [-0.05, 0) is 84.5 Å². The molecule has 0 spiro atoms. The molecular formula is C39H30Cl2N2O6. The topological polar surface area (TPSA) is 104 Å². The molecule has 8 rings (SSSR count). The summed E-state index contributed by atoms with van der Waals surface area (Å²) < 4.78 is 5.36. The van der Waals surface area contributed by atoms with Crippen LogP contribution in [0.4, 0.5) is 11.4 Å². The van der Waals surface area contributed by atoms with Gasteiger partial charge in [-0.3, -0.25) is 24.1 Å². The molecule has 10 heteroatoms. The van der Waals surface area contributed by atoms with E-state index in [0.717, 1.165) is 5.57 Å². The number of carbonyl (C=O) groups excluding carboxylic acids is 4. The van der Waals surface area contributed by atoms with Gasteiger partial charge in [0, 0.05) is 16.0 Å². The van der Waals surface area contributed by atoms with Crippen molar-refractivity contribution < 1.29 is 29.0 Å². The largest absolute Gasteiger partial charge is 0.504 e. The van der Waals surface area contributed by atoms with Gasteiger partial charge in [-0.1, -0.05) is 77.3 Å². The van der Waals surface area contributed by atoms with Crippen LogP contribution in [0.15, 0.2) is 109 Å². The number of carbonyl (C=O) groups is 4. The molecule has 246 valence electrons. The Morgan fingerprint density at radius 3 is 2.20 bits per heavy atom. The summed E-state index contributed by atoms with van der Waals surface area (Å²) in [7, 11) is 1.45. The lowest BCUT2D eigenvalue weighted by molar-refractivity contribution is -0.127. The van der Waals surface area contributed by atoms with E-state index < -0.39 is 46.8 Å². The number of imide groups is 2. The van der Waals surface area contributed by atoms with E-state index in [1.807, 2.05) is 36.4 Å². The average Bonchev–Trinajstić information content (AvgIpc) is 3.49. The number of fused-ring (bicyclic) bond motifs is 4. The summed E-state index contributed by atoms with van der Waals surface area (Å²) >= 11 is 12.5. The Morgan fingerprint density at radius 2 is 1.51 bits per heavy atom. The second-order valence-electron chi connectivity index (χ2n) is 13.0. The van der Waals surface area contributed by atoms with Crippen molar-refractivity contribution in [2.24, 2.45) is 23.7 Å². The SMILES string of the molecule is COc1ccc([C@H]2C3=CC[C@@H]4C(=O)N(c5ccc(Cl)cc5)C(=O)[C@@H]4[C@@H]3C[C@H]3C(=O)N(c4cccc(Cl)c4)C(=O)[C@@]23c2ccccc2)cc1O. The van der Waals surface area contributed by atoms with E-state index in [0.29, 0.717) is 32.5 Å². The predicted molar refractivity (Wildman–Crippen MR) is 185 cm³/mol. The number of hydrogen-bond donors (Lipinski definition) is 1. The molecule has 4 aromatic rings. The maximum Gasteiger partial charge on any atom is 0.246 e. The molecule has 2 saturated heterocycles. The first-order valence-corrected chi connectivity index (χ1v) is 16.8. The number of allylic oxidation sites excluding steroid dienone is 2. The third-order valence-corrected chi connectivity index (χ3v) is 11.3. The van der Waals surface area contributed by atoms with Crippen molar-refractivity contribution in [3.8, 4) is 11.5 Å². The third-order valence-electron chi connectivity index (χ3n) is 10.8. The molecule has 2 heterocycles. The molecule has 2 aliphatic carbocycles. The van der Waals surface area contributed by atoms with Crippen LogP contribution in [0.25, 0.3) is 0 Å². The summed E-state index contributed by atoms with van der Waals surface area (Å²) in [4.78, 5) is 60.9. The van der Waals surface area contributed by atoms with Crippen LogP contribution in [0.5, 0.6) is 11.5 Å². The lowest BCUT2D eigenvalue weighted by atomic mass is 9.49. The summed E-state index contributed by atoms with van der Waals surface area (Å²) in [6.07, 6.45) is 2.42. The fraction of sp³-hybridized carbons (Fsp3) is 0.231. The molecule has 0 aromatic heterocycles. The van der Waals surface area contributed by atoms with Crippen LogP contribution in [-0.2, 0) is 24.6 Å². The first-order valence-electron chi connectivity index (χ1n) is 16.1. The normalized spacial score (nSPS) is 27.5. The number of phenols is 1. The number of methoxy groups -OCH3 is 1. The number of nitrogens with zero attached hydrogens (tertiary/aromatic N) is 2. The zero-order chi connectivity index (χ0) is 34.2. The Labute approximate surface area is 292 Å². The van der Waals surface area contributed by atoms with Gasteiger partial charge in [0.25, 0.3) is 0 Å². The lowest BCUT2D eigenvalue weighted by Gasteiger charge is -2.50. The summed E-state index contributed by atoms with van der Waals surface area (Å²) in [6, 6.07) is 27.4. The van der Waals surface area contributed by atoms with E-state index in [1.165, 1.54) is 16.9 Å². The van der Waals surface area contributed by atoms with Crippen molar-refractivity contribution in [2.75, 3.05) is 16.9 Å². The zero-order valence-corrected chi connectivity index (χ0v) is 27.8. The molecular weight excluding hydrogens is 663 g/mol. The van der Waals surface area contributed by atoms with E-state index in [9.17, 15) is 19.5 Å². The Kier molecular flexibility index (Phi) is 7.42. The molecule has 0 radical (unpaired) electrons. The van der Waals surface area contributed by atoms with E-state index >= 15 is 4.79 Å². The first kappa shape index (κ1) is 31.4. The van der Waals surface area contributed by atoms with Crippen molar-refractivity contribution in [3.63, 3.8) is 0 Å². The maximum absolute atomic E-state index is 15.3. The highest BCUT2D eigenvalue weighted by atomic mass is 35.5. The third kappa shape index (κ3) is 4.50. The van der Waals surface area contributed by atoms with Crippen molar-refractivity contribution in [1.82, 2.24) is 0 Å². The molecule has 4 aromatic carbocycles. The van der Waals surface area contributed by atoms with Crippen LogP contribution in [0.3, 0.4) is 0 Å². The van der Waals surface area contributed by atoms with Crippen LogP contribution in [-0.4, -0.2) is 35.8 Å². The Morgan fingerprint density at radius 1 is 0.755 bits per heavy atom. The Bertz CT molecular complexity index is 2080. The van der Waals surface area contributed by atoms with Gasteiger partial charge in [0.05, 0.1) is 41.7 Å². The molecule has 2 aliphatic heterocycles. The molecule has 49 heavy (non-hydrogen) atoms. The summed E-state index contributed by atoms with van der Waals surface area (Å²) in [5, 5.41) is 11.9. The van der Waals surface area contributed by atoms with Gasteiger partial charge < -0.3 is 9.84 Å². The van der Waals surface area contributed by atoms with Crippen LogP contribution in [0.1, 0.15) is 29.9 Å². The number of hydrogen-bond acceptors (Lipinski definition) is 6. The van der Waals surface area contributed by atoms with E-state index in [4.69, 9.17) is 27.9 Å². The molecule has 4 aliphatic rings. The number of rotatable bonds is 5. The summed E-state index contributed by atoms with van der Waals surface area (Å²) in [5.74, 6) is -4.98. The first-order chi connectivity index (χ1) is 23.7. The number of ether oxygens (including phenoxy) is 1. The van der Waals surface area contributed by atoms with Gasteiger partial charge in [0.1, 0.15) is 0 Å². The Hall–Kier alpha value is -4.92. The summed E-state index contributed by atoms with van der Waals surface area (Å²) in [5.41, 5.74) is 1.35. The fourth-order valence-corrected chi connectivity index (χ4v) is 9.16. The minimum Gasteiger partial charge on any atom is -0.504 e. The minimum absolute atomic E-state index is 0.124. The van der Waals surface area contributed by atoms with Gasteiger partial charge >= 0.3 is 0 Å². The van der Waals surface area contributed by atoms with Crippen molar-refractivity contribution in [1.29, 1.82) is 0 Å². The highest BCUT2D eigenvalue weighted by Crippen LogP contribution is 2.64. The molecule has 3 fully saturated rings. The maximum atomic E-state index is 15.3. The van der Waals surface area contributed by atoms with Gasteiger partial charge in [-0.15, -0.1) is 0 Å². The molecule has 8 nitrogen and oxygen atoms in total. The predicted octanol–water partition coefficient (Wildman–Crippen LogP) is 7.07. The zero-order valence-electron chi connectivity index (χ0n) is 26.3. The number of anilines is 2.